The molecule has 4 N–H and O–H groups in total. The summed E-state index contributed by atoms with van der Waals surface area (Å²) >= 11 is 0. The van der Waals surface area contributed by atoms with E-state index in [0.29, 0.717) is 22.9 Å². The average Bonchev–Trinajstić information content (AvgIpc) is 2.90. The van der Waals surface area contributed by atoms with Gasteiger partial charge in [0, 0.05) is 17.8 Å². The largest absolute Gasteiger partial charge is 0.493 e. The quantitative estimate of drug-likeness (QED) is 0.255. The van der Waals surface area contributed by atoms with Crippen LogP contribution in [-0.4, -0.2) is 64.3 Å². The minimum Gasteiger partial charge on any atom is -0.493 e. The number of fused-ring (bicyclic) bond motifs is 1. The van der Waals surface area contributed by atoms with E-state index >= 15 is 0 Å². The first kappa shape index (κ1) is 24.8. The van der Waals surface area contributed by atoms with Crippen molar-refractivity contribution in [3.8, 4) is 23.0 Å². The molecule has 0 bridgehead atoms. The van der Waals surface area contributed by atoms with E-state index < -0.39 is 49.6 Å². The van der Waals surface area contributed by atoms with E-state index in [-0.39, 0.29) is 22.4 Å². The van der Waals surface area contributed by atoms with Gasteiger partial charge in [0.05, 0.1) is 31.6 Å². The zero-order chi connectivity index (χ0) is 31.9. The van der Waals surface area contributed by atoms with Crippen LogP contribution in [0, 0.1) is 5.82 Å². The maximum absolute atomic E-state index is 15.0. The van der Waals surface area contributed by atoms with Crippen LogP contribution in [0.15, 0.2) is 30.4 Å². The molecule has 3 aromatic rings. The van der Waals surface area contributed by atoms with Gasteiger partial charge in [0.2, 0.25) is 11.7 Å². The van der Waals surface area contributed by atoms with Crippen LogP contribution < -0.4 is 34.5 Å². The molecule has 214 valence electrons. The number of phosphoric acid groups is 1. The second kappa shape index (κ2) is 11.1. The number of halogens is 1. The summed E-state index contributed by atoms with van der Waals surface area (Å²) in [7, 11) is -1.18. The summed E-state index contributed by atoms with van der Waals surface area (Å²) in [5.74, 6) is -3.03. The molecular formula is C23H26FN6O9P. The number of amides is 1. The predicted octanol–water partition coefficient (Wildman–Crippen LogP) is 3.09. The number of benzene rings is 1. The standard InChI is InChI=1S/C23H26FN6O9P/c1-23(2)21(31)30(11-38-40(32,33)34)20-14(39-23)6-7-17(28-20)27-19-13(24)10-25-22(29-19)26-12-8-15(35-3)18(37-5)16(9-12)36-4/h6-10H,11H2,1-5H3,(H2,32,33,34)(H2,25,26,27,28,29)/i10D,11D2. The molecule has 4 rings (SSSR count). The van der Waals surface area contributed by atoms with Gasteiger partial charge in [-0.05, 0) is 26.0 Å². The molecule has 2 aromatic heterocycles. The number of phosphoric ester groups is 1. The van der Waals surface area contributed by atoms with Crippen molar-refractivity contribution in [2.45, 2.75) is 19.4 Å². The smallest absolute Gasteiger partial charge is 0.471 e. The lowest BCUT2D eigenvalue weighted by molar-refractivity contribution is -0.133. The van der Waals surface area contributed by atoms with Crippen LogP contribution in [-0.2, 0) is 13.9 Å². The van der Waals surface area contributed by atoms with E-state index in [0.717, 1.165) is 0 Å². The fourth-order valence-electron chi connectivity index (χ4n) is 3.49. The fourth-order valence-corrected chi connectivity index (χ4v) is 3.67. The van der Waals surface area contributed by atoms with E-state index in [9.17, 15) is 23.5 Å². The lowest BCUT2D eigenvalue weighted by Crippen LogP contribution is -2.53. The van der Waals surface area contributed by atoms with Gasteiger partial charge in [-0.15, -0.1) is 0 Å². The van der Waals surface area contributed by atoms with Crippen LogP contribution in [0.1, 0.15) is 18.0 Å². The Kier molecular flexibility index (Phi) is 6.87. The minimum absolute atomic E-state index is 0.151. The maximum Gasteiger partial charge on any atom is 0.471 e. The highest BCUT2D eigenvalue weighted by Gasteiger charge is 2.42. The molecule has 0 spiro atoms. The number of methoxy groups -OCH3 is 3. The molecule has 1 aliphatic rings. The van der Waals surface area contributed by atoms with Crippen LogP contribution in [0.25, 0.3) is 0 Å². The minimum atomic E-state index is -5.43. The van der Waals surface area contributed by atoms with Gasteiger partial charge in [0.25, 0.3) is 5.91 Å². The number of hydrogen-bond acceptors (Lipinski definition) is 12. The molecule has 0 radical (unpaired) electrons. The summed E-state index contributed by atoms with van der Waals surface area (Å²) < 4.78 is 76.3. The van der Waals surface area contributed by atoms with Crippen molar-refractivity contribution >= 4 is 42.8 Å². The number of rotatable bonds is 10. The van der Waals surface area contributed by atoms with Gasteiger partial charge in [-0.1, -0.05) is 0 Å². The second-order valence-corrected chi connectivity index (χ2v) is 9.59. The zero-order valence-corrected chi connectivity index (χ0v) is 22.6. The number of nitrogens with one attached hydrogen (secondary N) is 2. The normalized spacial score (nSPS) is 15.7. The van der Waals surface area contributed by atoms with Gasteiger partial charge < -0.3 is 39.4 Å². The second-order valence-electron chi connectivity index (χ2n) is 8.43. The topological polar surface area (TPSA) is 187 Å². The Labute approximate surface area is 231 Å². The van der Waals surface area contributed by atoms with Crippen LogP contribution in [0.2, 0.25) is 0 Å². The van der Waals surface area contributed by atoms with Crippen molar-refractivity contribution in [3.05, 3.63) is 36.3 Å². The SMILES string of the molecule is [2H]c1nc(Nc2cc(OC)c(OC)c(OC)c2)nc(Nc2ccc3c(n2)N(C([2H])([2H])OP(=O)(O)O)C(=O)C(C)(C)O3)c1F. The van der Waals surface area contributed by atoms with E-state index in [2.05, 4.69) is 30.1 Å². The third-order valence-corrected chi connectivity index (χ3v) is 5.56. The number of pyridine rings is 1. The summed E-state index contributed by atoms with van der Waals surface area (Å²) in [4.78, 5) is 43.7. The molecule has 1 amide bonds. The Balaban J connectivity index is 1.72. The van der Waals surface area contributed by atoms with Crippen molar-refractivity contribution in [1.82, 2.24) is 15.0 Å². The third-order valence-electron chi connectivity index (χ3n) is 5.24. The molecule has 0 atom stereocenters. The number of anilines is 5. The van der Waals surface area contributed by atoms with E-state index in [1.165, 1.54) is 59.4 Å². The Morgan fingerprint density at radius 3 is 2.42 bits per heavy atom. The Hall–Kier alpha value is -4.24. The molecule has 40 heavy (non-hydrogen) atoms. The van der Waals surface area contributed by atoms with Gasteiger partial charge in [-0.3, -0.25) is 14.2 Å². The highest BCUT2D eigenvalue weighted by molar-refractivity contribution is 7.46. The number of nitrogens with zero attached hydrogens (tertiary/aromatic N) is 4. The number of carbonyl (C=O) groups excluding carboxylic acids is 1. The number of aromatic nitrogens is 3. The van der Waals surface area contributed by atoms with Crippen molar-refractivity contribution in [2.75, 3.05) is 43.5 Å². The van der Waals surface area contributed by atoms with Crippen molar-refractivity contribution < 1.29 is 51.1 Å². The van der Waals surface area contributed by atoms with E-state index in [4.69, 9.17) is 23.1 Å². The molecule has 0 saturated carbocycles. The molecule has 3 heterocycles. The van der Waals surface area contributed by atoms with Gasteiger partial charge in [-0.25, -0.2) is 18.9 Å². The van der Waals surface area contributed by atoms with Gasteiger partial charge in [0.1, 0.15) is 12.5 Å². The van der Waals surface area contributed by atoms with Crippen molar-refractivity contribution in [2.24, 2.45) is 0 Å². The summed E-state index contributed by atoms with van der Waals surface area (Å²) in [6.07, 6.45) is -0.807. The Morgan fingerprint density at radius 1 is 1.15 bits per heavy atom. The van der Waals surface area contributed by atoms with Crippen molar-refractivity contribution in [3.63, 3.8) is 0 Å². The Morgan fingerprint density at radius 2 is 1.82 bits per heavy atom. The molecule has 1 aliphatic heterocycles. The van der Waals surface area contributed by atoms with E-state index in [1.807, 2.05) is 0 Å². The van der Waals surface area contributed by atoms with Gasteiger partial charge in [0.15, 0.2) is 40.3 Å². The molecule has 1 aromatic carbocycles. The van der Waals surface area contributed by atoms with Gasteiger partial charge >= 0.3 is 7.82 Å². The molecule has 0 unspecified atom stereocenters. The summed E-state index contributed by atoms with van der Waals surface area (Å²) in [6.45, 7) is -0.775. The van der Waals surface area contributed by atoms with Crippen molar-refractivity contribution in [1.29, 1.82) is 0 Å². The number of ether oxygens (including phenoxy) is 4. The Bertz CT molecular complexity index is 1600. The molecular weight excluding hydrogens is 554 g/mol. The monoisotopic (exact) mass is 583 g/mol. The summed E-state index contributed by atoms with van der Waals surface area (Å²) in [5.41, 5.74) is -1.35. The lowest BCUT2D eigenvalue weighted by Gasteiger charge is -2.37. The fraction of sp³-hybridized carbons (Fsp3) is 0.304. The number of hydrogen-bond donors (Lipinski definition) is 4. The molecule has 17 heteroatoms. The molecule has 0 fully saturated rings. The van der Waals surface area contributed by atoms with Crippen LogP contribution >= 0.6 is 7.82 Å². The first-order chi connectivity index (χ1) is 20.0. The summed E-state index contributed by atoms with van der Waals surface area (Å²) in [5, 5.41) is 5.35. The average molecular weight is 583 g/mol. The first-order valence-corrected chi connectivity index (χ1v) is 12.7. The molecule has 15 nitrogen and oxygen atoms in total. The lowest BCUT2D eigenvalue weighted by atomic mass is 10.1. The first-order valence-electron chi connectivity index (χ1n) is 12.7. The summed E-state index contributed by atoms with van der Waals surface area (Å²) in [6, 6.07) is 5.59. The predicted molar refractivity (Wildman–Crippen MR) is 139 cm³/mol. The van der Waals surface area contributed by atoms with Crippen LogP contribution in [0.3, 0.4) is 0 Å². The van der Waals surface area contributed by atoms with Crippen LogP contribution in [0.4, 0.5) is 33.5 Å². The third kappa shape index (κ3) is 6.15. The maximum atomic E-state index is 15.0. The van der Waals surface area contributed by atoms with Gasteiger partial charge in [-0.2, -0.15) is 4.98 Å². The molecule has 0 saturated heterocycles. The number of carbonyl (C=O) groups is 1. The zero-order valence-electron chi connectivity index (χ0n) is 24.7. The molecule has 0 aliphatic carbocycles. The van der Waals surface area contributed by atoms with E-state index in [1.54, 1.807) is 0 Å². The highest BCUT2D eigenvalue weighted by Crippen LogP contribution is 2.42. The van der Waals surface area contributed by atoms with Crippen LogP contribution in [0.5, 0.6) is 23.0 Å². The highest BCUT2D eigenvalue weighted by atomic mass is 31.2.